The minimum atomic E-state index is -4.94. The van der Waals surface area contributed by atoms with Crippen LogP contribution in [0.5, 0.6) is 0 Å². The molecule has 80 valence electrons. The molecule has 0 fully saturated rings. The molecule has 0 N–H and O–H groups in total. The van der Waals surface area contributed by atoms with Gasteiger partial charge in [0.25, 0.3) is 0 Å². The van der Waals surface area contributed by atoms with Crippen LogP contribution in [-0.2, 0) is 6.42 Å². The van der Waals surface area contributed by atoms with Gasteiger partial charge >= 0.3 is 6.98 Å². The molecule has 0 unspecified atom stereocenters. The van der Waals surface area contributed by atoms with Gasteiger partial charge in [-0.25, -0.2) is 0 Å². The molecule has 0 bridgehead atoms. The highest BCUT2D eigenvalue weighted by atomic mass is 127. The van der Waals surface area contributed by atoms with Crippen LogP contribution in [-0.4, -0.2) is 6.98 Å². The van der Waals surface area contributed by atoms with Crippen LogP contribution in [0.3, 0.4) is 0 Å². The number of terminal acetylenes is 1. The summed E-state index contributed by atoms with van der Waals surface area (Å²) in [6.45, 7) is -3.16. The lowest BCUT2D eigenvalue weighted by Gasteiger charge is -2.18. The maximum Gasteiger partial charge on any atom is 0.509 e. The topological polar surface area (TPSA) is 0 Å². The lowest BCUT2D eigenvalue weighted by Crippen LogP contribution is -2.34. The Labute approximate surface area is 100 Å². The lowest BCUT2D eigenvalue weighted by atomic mass is 9.78. The second kappa shape index (κ2) is 4.48. The lowest BCUT2D eigenvalue weighted by molar-refractivity contribution is 0.501. The summed E-state index contributed by atoms with van der Waals surface area (Å²) in [5, 5.41) is 0. The van der Waals surface area contributed by atoms with E-state index in [4.69, 9.17) is 6.42 Å². The summed E-state index contributed by atoms with van der Waals surface area (Å²) in [6.07, 6.45) is 5.35. The second-order valence-electron chi connectivity index (χ2n) is 3.24. The van der Waals surface area contributed by atoms with Gasteiger partial charge in [0.2, 0.25) is 0 Å². The Bertz CT molecular complexity index is 418. The van der Waals surface area contributed by atoms with Gasteiger partial charge in [0, 0.05) is 9.99 Å². The molecule has 0 spiro atoms. The van der Waals surface area contributed by atoms with Gasteiger partial charge in [-0.05, 0) is 40.6 Å². The first-order valence-electron chi connectivity index (χ1n) is 4.28. The molecule has 0 aliphatic rings. The van der Waals surface area contributed by atoms with Gasteiger partial charge in [0.15, 0.2) is 0 Å². The van der Waals surface area contributed by atoms with Gasteiger partial charge in [-0.3, -0.25) is 0 Å². The van der Waals surface area contributed by atoms with Crippen LogP contribution < -0.4 is 5.46 Å². The Balaban J connectivity index is 3.31. The van der Waals surface area contributed by atoms with Crippen LogP contribution in [0.2, 0.25) is 0 Å². The highest BCUT2D eigenvalue weighted by molar-refractivity contribution is 14.1. The number of rotatable bonds is 2. The maximum atomic E-state index is 12.5. The van der Waals surface area contributed by atoms with Crippen LogP contribution in [0.4, 0.5) is 12.9 Å². The fourth-order valence-electron chi connectivity index (χ4n) is 1.24. The van der Waals surface area contributed by atoms with E-state index in [0.29, 0.717) is 9.13 Å². The summed E-state index contributed by atoms with van der Waals surface area (Å²) in [4.78, 5) is 0. The zero-order valence-electron chi connectivity index (χ0n) is 8.03. The molecular formula is C10H8BF3I-. The van der Waals surface area contributed by atoms with Crippen molar-refractivity contribution in [2.24, 2.45) is 0 Å². The summed E-state index contributed by atoms with van der Waals surface area (Å²) < 4.78 is 38.2. The summed E-state index contributed by atoms with van der Waals surface area (Å²) in [7, 11) is 0. The van der Waals surface area contributed by atoms with Crippen molar-refractivity contribution in [3.63, 3.8) is 0 Å². The van der Waals surface area contributed by atoms with E-state index >= 15 is 0 Å². The Morgan fingerprint density at radius 1 is 1.40 bits per heavy atom. The van der Waals surface area contributed by atoms with Gasteiger partial charge in [-0.15, -0.1) is 17.8 Å². The number of hydrogen-bond donors (Lipinski definition) is 0. The van der Waals surface area contributed by atoms with Crippen LogP contribution in [0.1, 0.15) is 11.1 Å². The first-order valence-corrected chi connectivity index (χ1v) is 5.36. The molecule has 0 aliphatic heterocycles. The summed E-state index contributed by atoms with van der Waals surface area (Å²) in [5.41, 5.74) is 0.839. The molecular weight excluding hydrogens is 315 g/mol. The largest absolute Gasteiger partial charge is 0.509 e. The van der Waals surface area contributed by atoms with Crippen molar-refractivity contribution in [2.45, 2.75) is 13.3 Å². The van der Waals surface area contributed by atoms with E-state index in [1.165, 1.54) is 0 Å². The molecule has 5 heteroatoms. The predicted molar refractivity (Wildman–Crippen MR) is 65.1 cm³/mol. The van der Waals surface area contributed by atoms with Crippen LogP contribution in [0.25, 0.3) is 0 Å². The van der Waals surface area contributed by atoms with Gasteiger partial charge < -0.3 is 12.9 Å². The molecule has 1 aromatic carbocycles. The second-order valence-corrected chi connectivity index (χ2v) is 4.40. The fourth-order valence-corrected chi connectivity index (χ4v) is 1.95. The van der Waals surface area contributed by atoms with E-state index in [0.717, 1.165) is 17.7 Å². The average molecular weight is 323 g/mol. The molecule has 0 nitrogen and oxygen atoms in total. The normalized spacial score (nSPS) is 11.2. The predicted octanol–water partition coefficient (Wildman–Crippen LogP) is 2.83. The third-order valence-electron chi connectivity index (χ3n) is 2.14. The third-order valence-corrected chi connectivity index (χ3v) is 3.27. The van der Waals surface area contributed by atoms with E-state index in [1.54, 1.807) is 6.92 Å². The fraction of sp³-hybridized carbons (Fsp3) is 0.200. The summed E-state index contributed by atoms with van der Waals surface area (Å²) in [6, 6.07) is 2.31. The molecule has 0 saturated carbocycles. The molecule has 0 atom stereocenters. The van der Waals surface area contributed by atoms with E-state index < -0.39 is 12.4 Å². The molecule has 0 heterocycles. The van der Waals surface area contributed by atoms with E-state index in [1.807, 2.05) is 22.6 Å². The van der Waals surface area contributed by atoms with Crippen molar-refractivity contribution < 1.29 is 12.9 Å². The average Bonchev–Trinajstić information content (AvgIpc) is 2.11. The van der Waals surface area contributed by atoms with Crippen molar-refractivity contribution in [1.82, 2.24) is 0 Å². The third kappa shape index (κ3) is 2.91. The summed E-state index contributed by atoms with van der Waals surface area (Å²) in [5.74, 6) is 2.37. The van der Waals surface area contributed by atoms with Crippen molar-refractivity contribution in [1.29, 1.82) is 0 Å². The first-order chi connectivity index (χ1) is 6.86. The van der Waals surface area contributed by atoms with Crippen LogP contribution in [0, 0.1) is 22.8 Å². The Hall–Kier alpha value is -0.635. The highest BCUT2D eigenvalue weighted by Gasteiger charge is 2.26. The smallest absolute Gasteiger partial charge is 0.445 e. The minimum absolute atomic E-state index is 0.238. The minimum Gasteiger partial charge on any atom is -0.445 e. The highest BCUT2D eigenvalue weighted by Crippen LogP contribution is 2.19. The van der Waals surface area contributed by atoms with E-state index in [-0.39, 0.29) is 6.42 Å². The number of benzene rings is 1. The van der Waals surface area contributed by atoms with Gasteiger partial charge in [-0.1, -0.05) is 12.1 Å². The number of hydrogen-bond acceptors (Lipinski definition) is 0. The molecule has 0 saturated heterocycles. The zero-order valence-corrected chi connectivity index (χ0v) is 10.2. The van der Waals surface area contributed by atoms with Crippen molar-refractivity contribution in [2.75, 3.05) is 0 Å². The Morgan fingerprint density at radius 2 is 2.00 bits per heavy atom. The molecule has 15 heavy (non-hydrogen) atoms. The molecule has 0 aromatic heterocycles. The van der Waals surface area contributed by atoms with Crippen LogP contribution >= 0.6 is 22.6 Å². The van der Waals surface area contributed by atoms with Crippen LogP contribution in [0.15, 0.2) is 12.1 Å². The SMILES string of the molecule is C#CCc1cc([B-](F)(F)F)cc(I)c1C. The van der Waals surface area contributed by atoms with Crippen molar-refractivity contribution in [3.8, 4) is 12.3 Å². The monoisotopic (exact) mass is 323 g/mol. The Kier molecular flexibility index (Phi) is 3.71. The quantitative estimate of drug-likeness (QED) is 0.446. The maximum absolute atomic E-state index is 12.5. The number of halogens is 4. The Morgan fingerprint density at radius 3 is 2.47 bits per heavy atom. The van der Waals surface area contributed by atoms with E-state index in [2.05, 4.69) is 5.92 Å². The summed E-state index contributed by atoms with van der Waals surface area (Å²) >= 11 is 1.90. The van der Waals surface area contributed by atoms with Crippen molar-refractivity contribution in [3.05, 3.63) is 26.8 Å². The first kappa shape index (κ1) is 12.4. The standard InChI is InChI=1S/C10H8BF3I/c1-3-4-8-5-9(11(12,13)14)6-10(15)7(8)2/h1,5-6H,4H2,2H3/q-1. The van der Waals surface area contributed by atoms with Gasteiger partial charge in [-0.2, -0.15) is 0 Å². The van der Waals surface area contributed by atoms with E-state index in [9.17, 15) is 12.9 Å². The zero-order chi connectivity index (χ0) is 11.6. The molecule has 0 radical (unpaired) electrons. The molecule has 1 rings (SSSR count). The molecule has 1 aromatic rings. The van der Waals surface area contributed by atoms with Gasteiger partial charge in [0.05, 0.1) is 0 Å². The van der Waals surface area contributed by atoms with Gasteiger partial charge in [0.1, 0.15) is 0 Å². The molecule has 0 aliphatic carbocycles. The molecule has 0 amide bonds. The van der Waals surface area contributed by atoms with Crippen molar-refractivity contribution >= 4 is 35.0 Å².